The van der Waals surface area contributed by atoms with E-state index in [0.29, 0.717) is 6.42 Å². The fourth-order valence-electron chi connectivity index (χ4n) is 3.14. The second kappa shape index (κ2) is 4.38. The molecule has 1 aliphatic carbocycles. The number of carbonyl (C=O) groups is 2. The van der Waals surface area contributed by atoms with Crippen LogP contribution in [0.2, 0.25) is 0 Å². The van der Waals surface area contributed by atoms with Gasteiger partial charge in [-0.2, -0.15) is 0 Å². The first-order valence-electron chi connectivity index (χ1n) is 6.03. The highest BCUT2D eigenvalue weighted by atomic mass is 16.6. The molecule has 2 aliphatic rings. The monoisotopic (exact) mass is 242 g/mol. The lowest BCUT2D eigenvalue weighted by Crippen LogP contribution is -2.55. The normalized spacial score (nSPS) is 42.0. The van der Waals surface area contributed by atoms with Gasteiger partial charge in [-0.15, -0.1) is 0 Å². The molecule has 1 aliphatic heterocycles. The van der Waals surface area contributed by atoms with Gasteiger partial charge in [-0.3, -0.25) is 9.59 Å². The molecule has 4 atom stereocenters. The van der Waals surface area contributed by atoms with Crippen molar-refractivity contribution in [1.29, 1.82) is 0 Å². The standard InChI is InChI=1S/C12H18O5/c1-12-7(5-10(14)15)6-11(16)17-9(12)4-2-3-8(12)13/h7,9,11,16H,2-6H2,1H3,(H,14,15)/t7-,9-,11?,12+/m0/s1. The van der Waals surface area contributed by atoms with Crippen molar-refractivity contribution in [2.45, 2.75) is 51.4 Å². The molecule has 0 amide bonds. The highest BCUT2D eigenvalue weighted by molar-refractivity contribution is 5.87. The highest BCUT2D eigenvalue weighted by Crippen LogP contribution is 2.48. The fraction of sp³-hybridized carbons (Fsp3) is 0.833. The Morgan fingerprint density at radius 3 is 2.94 bits per heavy atom. The van der Waals surface area contributed by atoms with E-state index in [9.17, 15) is 14.7 Å². The van der Waals surface area contributed by atoms with Crippen LogP contribution in [0.5, 0.6) is 0 Å². The van der Waals surface area contributed by atoms with Crippen molar-refractivity contribution in [3.63, 3.8) is 0 Å². The highest BCUT2D eigenvalue weighted by Gasteiger charge is 2.53. The molecule has 2 N–H and O–H groups in total. The third kappa shape index (κ3) is 2.09. The van der Waals surface area contributed by atoms with Crippen molar-refractivity contribution in [3.05, 3.63) is 0 Å². The van der Waals surface area contributed by atoms with Crippen molar-refractivity contribution in [3.8, 4) is 0 Å². The van der Waals surface area contributed by atoms with Crippen molar-refractivity contribution in [2.75, 3.05) is 0 Å². The molecule has 0 aromatic heterocycles. The van der Waals surface area contributed by atoms with Gasteiger partial charge in [0.1, 0.15) is 5.78 Å². The van der Waals surface area contributed by atoms with Gasteiger partial charge in [0, 0.05) is 19.3 Å². The smallest absolute Gasteiger partial charge is 0.303 e. The van der Waals surface area contributed by atoms with E-state index in [1.807, 2.05) is 0 Å². The van der Waals surface area contributed by atoms with Crippen LogP contribution in [0.25, 0.3) is 0 Å². The van der Waals surface area contributed by atoms with Crippen molar-refractivity contribution < 1.29 is 24.5 Å². The van der Waals surface area contributed by atoms with Gasteiger partial charge >= 0.3 is 5.97 Å². The number of Topliss-reactive ketones (excluding diaryl/α,β-unsaturated/α-hetero) is 1. The molecule has 2 rings (SSSR count). The van der Waals surface area contributed by atoms with Crippen molar-refractivity contribution in [1.82, 2.24) is 0 Å². The van der Waals surface area contributed by atoms with Crippen LogP contribution in [0.15, 0.2) is 0 Å². The summed E-state index contributed by atoms with van der Waals surface area (Å²) < 4.78 is 5.42. The Morgan fingerprint density at radius 1 is 1.59 bits per heavy atom. The molecular formula is C12H18O5. The van der Waals surface area contributed by atoms with Crippen LogP contribution in [0.4, 0.5) is 0 Å². The molecule has 1 heterocycles. The summed E-state index contributed by atoms with van der Waals surface area (Å²) in [5.41, 5.74) is -0.740. The summed E-state index contributed by atoms with van der Waals surface area (Å²) in [7, 11) is 0. The minimum Gasteiger partial charge on any atom is -0.481 e. The van der Waals surface area contributed by atoms with Gasteiger partial charge in [-0.05, 0) is 25.7 Å². The maximum absolute atomic E-state index is 12.1. The minimum absolute atomic E-state index is 0.0758. The number of ether oxygens (including phenoxy) is 1. The summed E-state index contributed by atoms with van der Waals surface area (Å²) in [5, 5.41) is 18.5. The van der Waals surface area contributed by atoms with Gasteiger partial charge in [0.25, 0.3) is 0 Å². The van der Waals surface area contributed by atoms with E-state index in [1.54, 1.807) is 6.92 Å². The predicted octanol–water partition coefficient (Wildman–Crippen LogP) is 0.944. The van der Waals surface area contributed by atoms with E-state index < -0.39 is 17.7 Å². The summed E-state index contributed by atoms with van der Waals surface area (Å²) in [6, 6.07) is 0. The maximum Gasteiger partial charge on any atom is 0.303 e. The van der Waals surface area contributed by atoms with Crippen LogP contribution < -0.4 is 0 Å². The molecule has 96 valence electrons. The van der Waals surface area contributed by atoms with Crippen LogP contribution >= 0.6 is 0 Å². The minimum atomic E-state index is -0.941. The first kappa shape index (κ1) is 12.5. The largest absolute Gasteiger partial charge is 0.481 e. The molecule has 0 spiro atoms. The molecular weight excluding hydrogens is 224 g/mol. The number of hydrogen-bond donors (Lipinski definition) is 2. The zero-order valence-corrected chi connectivity index (χ0v) is 9.89. The molecule has 0 aromatic rings. The third-order valence-electron chi connectivity index (χ3n) is 4.22. The zero-order valence-electron chi connectivity index (χ0n) is 9.89. The Kier molecular flexibility index (Phi) is 3.23. The number of rotatable bonds is 2. The molecule has 0 aromatic carbocycles. The molecule has 5 heteroatoms. The molecule has 1 saturated carbocycles. The van der Waals surface area contributed by atoms with Crippen LogP contribution in [-0.2, 0) is 14.3 Å². The summed E-state index contributed by atoms with van der Waals surface area (Å²) >= 11 is 0. The lowest BCUT2D eigenvalue weighted by molar-refractivity contribution is -0.233. The van der Waals surface area contributed by atoms with E-state index in [4.69, 9.17) is 9.84 Å². The Bertz CT molecular complexity index is 340. The lowest BCUT2D eigenvalue weighted by Gasteiger charge is -2.49. The van der Waals surface area contributed by atoms with Crippen LogP contribution in [0, 0.1) is 11.3 Å². The number of carbonyl (C=O) groups excluding carboxylic acids is 1. The van der Waals surface area contributed by atoms with Gasteiger partial charge < -0.3 is 14.9 Å². The molecule has 1 saturated heterocycles. The van der Waals surface area contributed by atoms with Crippen LogP contribution in [0.3, 0.4) is 0 Å². The van der Waals surface area contributed by atoms with Gasteiger partial charge in [-0.25, -0.2) is 0 Å². The first-order valence-corrected chi connectivity index (χ1v) is 6.03. The number of aliphatic hydroxyl groups excluding tert-OH is 1. The maximum atomic E-state index is 12.1. The molecule has 0 bridgehead atoms. The Hall–Kier alpha value is -0.940. The Morgan fingerprint density at radius 2 is 2.29 bits per heavy atom. The second-order valence-corrected chi connectivity index (χ2v) is 5.21. The van der Waals surface area contributed by atoms with E-state index >= 15 is 0 Å². The quantitative estimate of drug-likeness (QED) is 0.753. The first-order chi connectivity index (χ1) is 7.94. The van der Waals surface area contributed by atoms with E-state index in [1.165, 1.54) is 0 Å². The van der Waals surface area contributed by atoms with E-state index in [-0.39, 0.29) is 30.6 Å². The number of carboxylic acid groups (broad SMARTS) is 1. The van der Waals surface area contributed by atoms with Crippen LogP contribution in [0.1, 0.15) is 39.0 Å². The summed E-state index contributed by atoms with van der Waals surface area (Å²) in [5.74, 6) is -1.18. The molecule has 2 fully saturated rings. The zero-order chi connectivity index (χ0) is 12.6. The van der Waals surface area contributed by atoms with Crippen LogP contribution in [-0.4, -0.2) is 34.4 Å². The third-order valence-corrected chi connectivity index (χ3v) is 4.22. The number of ketones is 1. The summed E-state index contributed by atoms with van der Waals surface area (Å²) in [6.45, 7) is 1.79. The van der Waals surface area contributed by atoms with E-state index in [2.05, 4.69) is 0 Å². The lowest BCUT2D eigenvalue weighted by atomic mass is 9.61. The SMILES string of the molecule is C[C@@]12C(=O)CCC[C@@H]1OC(O)C[C@@H]2CC(=O)O. The molecule has 1 unspecified atom stereocenters. The van der Waals surface area contributed by atoms with Crippen molar-refractivity contribution >= 4 is 11.8 Å². The number of aliphatic carboxylic acids is 1. The fourth-order valence-corrected chi connectivity index (χ4v) is 3.14. The van der Waals surface area contributed by atoms with Crippen molar-refractivity contribution in [2.24, 2.45) is 11.3 Å². The average Bonchev–Trinajstić information content (AvgIpc) is 2.22. The number of hydrogen-bond acceptors (Lipinski definition) is 4. The summed E-state index contributed by atoms with van der Waals surface area (Å²) in [4.78, 5) is 23.0. The Labute approximate surface area is 99.8 Å². The number of aliphatic hydroxyl groups is 1. The van der Waals surface area contributed by atoms with Gasteiger partial charge in [0.05, 0.1) is 11.5 Å². The molecule has 0 radical (unpaired) electrons. The van der Waals surface area contributed by atoms with Gasteiger partial charge in [-0.1, -0.05) is 0 Å². The topological polar surface area (TPSA) is 83.8 Å². The van der Waals surface area contributed by atoms with Gasteiger partial charge in [0.2, 0.25) is 0 Å². The summed E-state index contributed by atoms with van der Waals surface area (Å²) in [6.07, 6.45) is 0.827. The molecule has 5 nitrogen and oxygen atoms in total. The number of fused-ring (bicyclic) bond motifs is 1. The second-order valence-electron chi connectivity index (χ2n) is 5.21. The predicted molar refractivity (Wildman–Crippen MR) is 58.2 cm³/mol. The van der Waals surface area contributed by atoms with Gasteiger partial charge in [0.15, 0.2) is 6.29 Å². The molecule has 17 heavy (non-hydrogen) atoms. The van der Waals surface area contributed by atoms with E-state index in [0.717, 1.165) is 12.8 Å². The average molecular weight is 242 g/mol. The Balaban J connectivity index is 2.27. The number of carboxylic acids is 1.